The topological polar surface area (TPSA) is 70.6 Å². The molecule has 0 aliphatic rings. The normalized spacial score (nSPS) is 14.4. The molecule has 0 aromatic heterocycles. The molecule has 23 heavy (non-hydrogen) atoms. The number of alkyl carbamates (subject to hydrolysis) is 1. The fourth-order valence-electron chi connectivity index (χ4n) is 2.18. The first-order chi connectivity index (χ1) is 10.6. The number of phenols is 1. The highest BCUT2D eigenvalue weighted by atomic mass is 16.6. The fourth-order valence-corrected chi connectivity index (χ4v) is 2.18. The minimum absolute atomic E-state index is 0.0158. The molecule has 3 N–H and O–H groups in total. The number of para-hydroxylation sites is 1. The summed E-state index contributed by atoms with van der Waals surface area (Å²) in [7, 11) is 0. The Hall–Kier alpha value is -1.75. The van der Waals surface area contributed by atoms with Crippen LogP contribution in [-0.2, 0) is 4.74 Å². The summed E-state index contributed by atoms with van der Waals surface area (Å²) in [6, 6.07) is 7.18. The van der Waals surface area contributed by atoms with E-state index in [1.165, 1.54) is 0 Å². The molecule has 0 saturated heterocycles. The van der Waals surface area contributed by atoms with Gasteiger partial charge < -0.3 is 20.5 Å². The number of benzene rings is 1. The van der Waals surface area contributed by atoms with E-state index in [4.69, 9.17) is 4.74 Å². The number of nitrogens with one attached hydrogen (secondary N) is 2. The zero-order valence-electron chi connectivity index (χ0n) is 15.0. The van der Waals surface area contributed by atoms with Gasteiger partial charge in [-0.05, 0) is 39.7 Å². The Morgan fingerprint density at radius 1 is 1.22 bits per heavy atom. The van der Waals surface area contributed by atoms with Crippen LogP contribution in [0.3, 0.4) is 0 Å². The maximum atomic E-state index is 11.9. The Morgan fingerprint density at radius 3 is 2.35 bits per heavy atom. The van der Waals surface area contributed by atoms with E-state index in [1.54, 1.807) is 12.1 Å². The van der Waals surface area contributed by atoms with Crippen LogP contribution in [-0.4, -0.2) is 29.4 Å². The number of phenolic OH excluding ortho intramolecular Hbond substituents is 1. The van der Waals surface area contributed by atoms with Crippen molar-refractivity contribution in [1.29, 1.82) is 0 Å². The quantitative estimate of drug-likeness (QED) is 0.748. The van der Waals surface area contributed by atoms with Gasteiger partial charge in [-0.2, -0.15) is 0 Å². The largest absolute Gasteiger partial charge is 0.508 e. The molecule has 0 aliphatic heterocycles. The van der Waals surface area contributed by atoms with Gasteiger partial charge in [0.05, 0.1) is 0 Å². The molecule has 0 saturated carbocycles. The van der Waals surface area contributed by atoms with Crippen LogP contribution in [0.5, 0.6) is 5.75 Å². The molecular weight excluding hydrogens is 292 g/mol. The van der Waals surface area contributed by atoms with Gasteiger partial charge in [0.2, 0.25) is 0 Å². The molecular formula is C18H30N2O3. The van der Waals surface area contributed by atoms with Gasteiger partial charge >= 0.3 is 6.09 Å². The van der Waals surface area contributed by atoms with Crippen molar-refractivity contribution < 1.29 is 14.6 Å². The van der Waals surface area contributed by atoms with E-state index < -0.39 is 11.7 Å². The number of aromatic hydroxyl groups is 1. The second-order valence-corrected chi connectivity index (χ2v) is 7.19. The van der Waals surface area contributed by atoms with Crippen LogP contribution >= 0.6 is 0 Å². The highest BCUT2D eigenvalue weighted by molar-refractivity contribution is 5.68. The van der Waals surface area contributed by atoms with Gasteiger partial charge in [0.1, 0.15) is 11.4 Å². The maximum absolute atomic E-state index is 11.9. The van der Waals surface area contributed by atoms with Gasteiger partial charge in [-0.25, -0.2) is 4.79 Å². The smallest absolute Gasteiger partial charge is 0.407 e. The van der Waals surface area contributed by atoms with Crippen molar-refractivity contribution in [2.24, 2.45) is 5.92 Å². The van der Waals surface area contributed by atoms with Crippen LogP contribution in [0.2, 0.25) is 0 Å². The summed E-state index contributed by atoms with van der Waals surface area (Å²) < 4.78 is 5.31. The summed E-state index contributed by atoms with van der Waals surface area (Å²) in [5.41, 5.74) is 0.328. The third kappa shape index (κ3) is 6.91. The van der Waals surface area contributed by atoms with Gasteiger partial charge in [0.25, 0.3) is 0 Å². The van der Waals surface area contributed by atoms with Crippen LogP contribution in [0.15, 0.2) is 24.3 Å². The van der Waals surface area contributed by atoms with Crippen molar-refractivity contribution in [3.05, 3.63) is 29.8 Å². The number of carbonyl (C=O) groups excluding carboxylic acids is 1. The highest BCUT2D eigenvalue weighted by Crippen LogP contribution is 2.23. The molecule has 2 unspecified atom stereocenters. The Bertz CT molecular complexity index is 509. The molecule has 0 aliphatic carbocycles. The fraction of sp³-hybridized carbons (Fsp3) is 0.611. The van der Waals surface area contributed by atoms with Gasteiger partial charge in [0.15, 0.2) is 0 Å². The lowest BCUT2D eigenvalue weighted by atomic mass is 10.0. The van der Waals surface area contributed by atoms with Crippen LogP contribution in [0.25, 0.3) is 0 Å². The third-order valence-corrected chi connectivity index (χ3v) is 3.55. The second-order valence-electron chi connectivity index (χ2n) is 7.19. The summed E-state index contributed by atoms with van der Waals surface area (Å²) in [5, 5.41) is 16.2. The number of amides is 1. The molecule has 5 heteroatoms. The Balaban J connectivity index is 2.60. The SMILES string of the molecule is CC(NCC(NC(=O)OC(C)(C)C)C(C)C)c1ccccc1O. The van der Waals surface area contributed by atoms with Crippen molar-refractivity contribution in [3.8, 4) is 5.75 Å². The minimum Gasteiger partial charge on any atom is -0.508 e. The zero-order chi connectivity index (χ0) is 17.6. The summed E-state index contributed by atoms with van der Waals surface area (Å²) in [4.78, 5) is 11.9. The van der Waals surface area contributed by atoms with E-state index in [0.717, 1.165) is 5.56 Å². The summed E-state index contributed by atoms with van der Waals surface area (Å²) in [6.45, 7) is 12.2. The van der Waals surface area contributed by atoms with Crippen LogP contribution in [0.1, 0.15) is 53.1 Å². The van der Waals surface area contributed by atoms with E-state index in [9.17, 15) is 9.90 Å². The standard InChI is InChI=1S/C18H30N2O3/c1-12(2)15(20-17(22)23-18(4,5)6)11-19-13(3)14-9-7-8-10-16(14)21/h7-10,12-13,15,19,21H,11H2,1-6H3,(H,20,22). The lowest BCUT2D eigenvalue weighted by Gasteiger charge is -2.27. The molecule has 2 atom stereocenters. The van der Waals surface area contributed by atoms with Crippen molar-refractivity contribution in [2.75, 3.05) is 6.54 Å². The lowest BCUT2D eigenvalue weighted by molar-refractivity contribution is 0.0489. The second kappa shape index (κ2) is 8.20. The van der Waals surface area contributed by atoms with E-state index in [0.29, 0.717) is 6.54 Å². The Morgan fingerprint density at radius 2 is 1.83 bits per heavy atom. The molecule has 0 spiro atoms. The predicted octanol–water partition coefficient (Wildman–Crippen LogP) is 3.59. The van der Waals surface area contributed by atoms with Crippen molar-refractivity contribution in [2.45, 2.75) is 59.2 Å². The van der Waals surface area contributed by atoms with Crippen molar-refractivity contribution in [1.82, 2.24) is 10.6 Å². The molecule has 1 aromatic rings. The van der Waals surface area contributed by atoms with Gasteiger partial charge in [0, 0.05) is 24.2 Å². The molecule has 0 fully saturated rings. The molecule has 1 aromatic carbocycles. The van der Waals surface area contributed by atoms with Gasteiger partial charge in [-0.15, -0.1) is 0 Å². The van der Waals surface area contributed by atoms with Crippen LogP contribution in [0, 0.1) is 5.92 Å². The van der Waals surface area contributed by atoms with E-state index in [1.807, 2.05) is 53.7 Å². The molecule has 5 nitrogen and oxygen atoms in total. The van der Waals surface area contributed by atoms with Crippen LogP contribution in [0.4, 0.5) is 4.79 Å². The van der Waals surface area contributed by atoms with Crippen molar-refractivity contribution >= 4 is 6.09 Å². The Labute approximate surface area is 139 Å². The summed E-state index contributed by atoms with van der Waals surface area (Å²) >= 11 is 0. The number of ether oxygens (including phenoxy) is 1. The molecule has 0 heterocycles. The first-order valence-corrected chi connectivity index (χ1v) is 8.11. The summed E-state index contributed by atoms with van der Waals surface area (Å²) in [6.07, 6.45) is -0.409. The predicted molar refractivity (Wildman–Crippen MR) is 92.5 cm³/mol. The number of hydrogen-bond donors (Lipinski definition) is 3. The highest BCUT2D eigenvalue weighted by Gasteiger charge is 2.22. The lowest BCUT2D eigenvalue weighted by Crippen LogP contribution is -2.47. The monoisotopic (exact) mass is 322 g/mol. The molecule has 130 valence electrons. The van der Waals surface area contributed by atoms with E-state index in [-0.39, 0.29) is 23.8 Å². The van der Waals surface area contributed by atoms with Gasteiger partial charge in [-0.1, -0.05) is 32.0 Å². The third-order valence-electron chi connectivity index (χ3n) is 3.55. The van der Waals surface area contributed by atoms with Crippen molar-refractivity contribution in [3.63, 3.8) is 0 Å². The maximum Gasteiger partial charge on any atom is 0.407 e. The minimum atomic E-state index is -0.512. The van der Waals surface area contributed by atoms with E-state index >= 15 is 0 Å². The molecule has 0 bridgehead atoms. The van der Waals surface area contributed by atoms with Gasteiger partial charge in [-0.3, -0.25) is 0 Å². The molecule has 1 rings (SSSR count). The first-order valence-electron chi connectivity index (χ1n) is 8.11. The number of carbonyl (C=O) groups is 1. The van der Waals surface area contributed by atoms with Crippen LogP contribution < -0.4 is 10.6 Å². The number of hydrogen-bond acceptors (Lipinski definition) is 4. The van der Waals surface area contributed by atoms with E-state index in [2.05, 4.69) is 10.6 Å². The molecule has 0 radical (unpaired) electrons. The average molecular weight is 322 g/mol. The zero-order valence-corrected chi connectivity index (χ0v) is 15.0. The first kappa shape index (κ1) is 19.3. The average Bonchev–Trinajstić information content (AvgIpc) is 2.41. The molecule has 1 amide bonds. The number of rotatable bonds is 6. The summed E-state index contributed by atoms with van der Waals surface area (Å²) in [5.74, 6) is 0.528. The Kier molecular flexibility index (Phi) is 6.88.